The molecule has 8 nitrogen and oxygen atoms in total. The third-order valence-electron chi connectivity index (χ3n) is 4.71. The normalized spacial score (nSPS) is 11.4. The van der Waals surface area contributed by atoms with Crippen LogP contribution < -0.4 is 14.8 Å². The first-order valence-electron chi connectivity index (χ1n) is 9.91. The van der Waals surface area contributed by atoms with Crippen LogP contribution >= 0.6 is 0 Å². The van der Waals surface area contributed by atoms with E-state index >= 15 is 0 Å². The van der Waals surface area contributed by atoms with Crippen LogP contribution in [-0.4, -0.2) is 31.3 Å². The van der Waals surface area contributed by atoms with Gasteiger partial charge < -0.3 is 10.1 Å². The fourth-order valence-electron chi connectivity index (χ4n) is 3.00. The van der Waals surface area contributed by atoms with E-state index in [2.05, 4.69) is 20.0 Å². The Bertz CT molecular complexity index is 1420. The number of anilines is 2. The first-order valence-corrected chi connectivity index (χ1v) is 11.4. The van der Waals surface area contributed by atoms with E-state index in [0.717, 1.165) is 0 Å². The van der Waals surface area contributed by atoms with Gasteiger partial charge in [0.15, 0.2) is 11.6 Å². The topological polar surface area (TPSA) is 110 Å². The number of ether oxygens (including phenoxy) is 1. The maximum absolute atomic E-state index is 12.7. The highest BCUT2D eigenvalue weighted by atomic mass is 32.2. The van der Waals surface area contributed by atoms with Crippen LogP contribution in [-0.2, 0) is 10.0 Å². The predicted molar refractivity (Wildman–Crippen MR) is 127 cm³/mol. The fourth-order valence-corrected chi connectivity index (χ4v) is 3.98. The lowest BCUT2D eigenvalue weighted by Crippen LogP contribution is -2.14. The monoisotopic (exact) mass is 460 g/mol. The molecule has 166 valence electrons. The summed E-state index contributed by atoms with van der Waals surface area (Å²) in [6.45, 7) is 0. The number of fused-ring (bicyclic) bond motifs is 1. The van der Waals surface area contributed by atoms with Crippen LogP contribution in [0.5, 0.6) is 5.75 Å². The first-order chi connectivity index (χ1) is 15.9. The van der Waals surface area contributed by atoms with Gasteiger partial charge in [0.1, 0.15) is 5.75 Å². The van der Waals surface area contributed by atoms with Crippen molar-refractivity contribution in [3.05, 3.63) is 96.8 Å². The molecule has 3 aromatic carbocycles. The molecule has 0 saturated heterocycles. The van der Waals surface area contributed by atoms with E-state index in [1.807, 2.05) is 6.07 Å². The number of carbonyl (C=O) groups excluding carboxylic acids is 1. The number of nitrogens with one attached hydrogen (secondary N) is 2. The van der Waals surface area contributed by atoms with Gasteiger partial charge in [0, 0.05) is 23.5 Å². The van der Waals surface area contributed by atoms with Crippen molar-refractivity contribution in [3.63, 3.8) is 0 Å². The molecule has 0 spiro atoms. The van der Waals surface area contributed by atoms with Gasteiger partial charge in [-0.1, -0.05) is 12.1 Å². The Morgan fingerprint density at radius 3 is 2.33 bits per heavy atom. The van der Waals surface area contributed by atoms with E-state index in [-0.39, 0.29) is 16.5 Å². The van der Waals surface area contributed by atoms with E-state index in [0.29, 0.717) is 28.0 Å². The van der Waals surface area contributed by atoms with Gasteiger partial charge in [-0.3, -0.25) is 14.5 Å². The quantitative estimate of drug-likeness (QED) is 0.299. The number of benzene rings is 3. The van der Waals surface area contributed by atoms with Crippen molar-refractivity contribution in [1.82, 2.24) is 9.97 Å². The Balaban J connectivity index is 1.40. The number of hydrogen-bond acceptors (Lipinski definition) is 7. The number of rotatable bonds is 8. The summed E-state index contributed by atoms with van der Waals surface area (Å²) in [4.78, 5) is 20.8. The lowest BCUT2D eigenvalue weighted by molar-refractivity contribution is 0.104. The molecule has 1 heterocycles. The number of allylic oxidation sites excluding steroid dienone is 1. The minimum absolute atomic E-state index is 0.0706. The molecular formula is C24H20N4O4S. The molecule has 0 fully saturated rings. The molecule has 0 radical (unpaired) electrons. The molecule has 33 heavy (non-hydrogen) atoms. The molecule has 0 unspecified atom stereocenters. The van der Waals surface area contributed by atoms with Crippen molar-refractivity contribution in [2.45, 2.75) is 4.90 Å². The van der Waals surface area contributed by atoms with Gasteiger partial charge in [-0.25, -0.2) is 13.4 Å². The zero-order chi connectivity index (χ0) is 23.3. The maximum Gasteiger partial charge on any atom is 0.263 e. The molecule has 2 N–H and O–H groups in total. The lowest BCUT2D eigenvalue weighted by Gasteiger charge is -2.08. The van der Waals surface area contributed by atoms with Crippen molar-refractivity contribution in [3.8, 4) is 5.75 Å². The average Bonchev–Trinajstić information content (AvgIpc) is 2.84. The lowest BCUT2D eigenvalue weighted by atomic mass is 10.1. The summed E-state index contributed by atoms with van der Waals surface area (Å²) in [6, 6.07) is 20.1. The minimum Gasteiger partial charge on any atom is -0.497 e. The maximum atomic E-state index is 12.7. The van der Waals surface area contributed by atoms with Crippen molar-refractivity contribution >= 4 is 38.3 Å². The zero-order valence-corrected chi connectivity index (χ0v) is 18.4. The number of sulfonamides is 1. The van der Waals surface area contributed by atoms with E-state index in [1.165, 1.54) is 30.6 Å². The molecular weight excluding hydrogens is 440 g/mol. The molecule has 0 saturated carbocycles. The van der Waals surface area contributed by atoms with Crippen LogP contribution in [0.25, 0.3) is 11.0 Å². The van der Waals surface area contributed by atoms with Crippen LogP contribution in [0.3, 0.4) is 0 Å². The molecule has 4 rings (SSSR count). The summed E-state index contributed by atoms with van der Waals surface area (Å²) in [5.74, 6) is 0.631. The Hall–Kier alpha value is -4.24. The average molecular weight is 461 g/mol. The standard InChI is InChI=1S/C24H20N4O4S/c1-32-19-10-6-17(7-11-19)23(29)14-15-25-18-8-12-20(13-9-18)33(30,31)28-24-16-26-21-4-2-3-5-22(21)27-24/h2-16,25H,1H3,(H,27,28)/b15-14+. The third-order valence-corrected chi connectivity index (χ3v) is 6.08. The number of hydrogen-bond donors (Lipinski definition) is 2. The third kappa shape index (κ3) is 5.34. The second-order valence-corrected chi connectivity index (χ2v) is 8.63. The van der Waals surface area contributed by atoms with E-state index in [9.17, 15) is 13.2 Å². The molecule has 0 aliphatic heterocycles. The number of carbonyl (C=O) groups is 1. The van der Waals surface area contributed by atoms with Gasteiger partial charge in [0.25, 0.3) is 10.0 Å². The summed E-state index contributed by atoms with van der Waals surface area (Å²) in [7, 11) is -2.28. The van der Waals surface area contributed by atoms with Gasteiger partial charge in [-0.05, 0) is 60.7 Å². The van der Waals surface area contributed by atoms with Gasteiger partial charge in [-0.15, -0.1) is 0 Å². The summed E-state index contributed by atoms with van der Waals surface area (Å²) in [5, 5.41) is 2.95. The summed E-state index contributed by atoms with van der Waals surface area (Å²) >= 11 is 0. The molecule has 4 aromatic rings. The molecule has 0 aliphatic rings. The first kappa shape index (κ1) is 22.0. The smallest absolute Gasteiger partial charge is 0.263 e. The summed E-state index contributed by atoms with van der Waals surface area (Å²) < 4.78 is 32.9. The van der Waals surface area contributed by atoms with Crippen LogP contribution in [0, 0.1) is 0 Å². The Morgan fingerprint density at radius 1 is 0.939 bits per heavy atom. The molecule has 0 amide bonds. The van der Waals surface area contributed by atoms with Crippen molar-refractivity contribution < 1.29 is 17.9 Å². The van der Waals surface area contributed by atoms with Gasteiger partial charge in [-0.2, -0.15) is 0 Å². The van der Waals surface area contributed by atoms with Gasteiger partial charge >= 0.3 is 0 Å². The Labute approximate surface area is 191 Å². The number of aromatic nitrogens is 2. The number of nitrogens with zero attached hydrogens (tertiary/aromatic N) is 2. The number of methoxy groups -OCH3 is 1. The van der Waals surface area contributed by atoms with E-state index in [1.54, 1.807) is 61.7 Å². The van der Waals surface area contributed by atoms with Gasteiger partial charge in [0.2, 0.25) is 0 Å². The largest absolute Gasteiger partial charge is 0.497 e. The molecule has 0 bridgehead atoms. The molecule has 9 heteroatoms. The summed E-state index contributed by atoms with van der Waals surface area (Å²) in [6.07, 6.45) is 4.27. The van der Waals surface area contributed by atoms with E-state index in [4.69, 9.17) is 4.74 Å². The minimum atomic E-state index is -3.84. The predicted octanol–water partition coefficient (Wildman–Crippen LogP) is 4.25. The SMILES string of the molecule is COc1ccc(C(=O)/C=C/Nc2ccc(S(=O)(=O)Nc3cnc4ccccc4n3)cc2)cc1. The van der Waals surface area contributed by atoms with Crippen molar-refractivity contribution in [2.75, 3.05) is 17.1 Å². The fraction of sp³-hybridized carbons (Fsp3) is 0.0417. The van der Waals surface area contributed by atoms with Crippen LogP contribution in [0.2, 0.25) is 0 Å². The molecule has 0 aliphatic carbocycles. The number of para-hydroxylation sites is 2. The summed E-state index contributed by atoms with van der Waals surface area (Å²) in [5.41, 5.74) is 2.42. The highest BCUT2D eigenvalue weighted by Gasteiger charge is 2.15. The second kappa shape index (κ2) is 9.49. The number of ketones is 1. The molecule has 1 aromatic heterocycles. The van der Waals surface area contributed by atoms with Crippen molar-refractivity contribution in [1.29, 1.82) is 0 Å². The van der Waals surface area contributed by atoms with Crippen LogP contribution in [0.15, 0.2) is 96.2 Å². The van der Waals surface area contributed by atoms with Crippen LogP contribution in [0.1, 0.15) is 10.4 Å². The highest BCUT2D eigenvalue weighted by molar-refractivity contribution is 7.92. The van der Waals surface area contributed by atoms with Crippen LogP contribution in [0.4, 0.5) is 11.5 Å². The zero-order valence-electron chi connectivity index (χ0n) is 17.6. The van der Waals surface area contributed by atoms with Gasteiger partial charge in [0.05, 0.1) is 29.2 Å². The Kier molecular flexibility index (Phi) is 6.32. The molecule has 0 atom stereocenters. The highest BCUT2D eigenvalue weighted by Crippen LogP contribution is 2.19. The Morgan fingerprint density at radius 2 is 1.64 bits per heavy atom. The second-order valence-electron chi connectivity index (χ2n) is 6.94. The van der Waals surface area contributed by atoms with E-state index < -0.39 is 10.0 Å². The van der Waals surface area contributed by atoms with Crippen molar-refractivity contribution in [2.24, 2.45) is 0 Å².